The summed E-state index contributed by atoms with van der Waals surface area (Å²) in [5.74, 6) is 1.01. The quantitative estimate of drug-likeness (QED) is 0.801. The van der Waals surface area contributed by atoms with Crippen LogP contribution in [0.3, 0.4) is 0 Å². The summed E-state index contributed by atoms with van der Waals surface area (Å²) in [6.45, 7) is 7.13. The van der Waals surface area contributed by atoms with Gasteiger partial charge >= 0.3 is 0 Å². The fourth-order valence-corrected chi connectivity index (χ4v) is 1.52. The third-order valence-electron chi connectivity index (χ3n) is 2.27. The van der Waals surface area contributed by atoms with Gasteiger partial charge in [-0.3, -0.25) is 0 Å². The zero-order valence-corrected chi connectivity index (χ0v) is 10.1. The first kappa shape index (κ1) is 12.1. The molecule has 0 amide bonds. The number of hydrogen-bond acceptors (Lipinski definition) is 2. The van der Waals surface area contributed by atoms with Crippen molar-refractivity contribution in [1.29, 1.82) is 0 Å². The molecule has 0 aliphatic heterocycles. The number of rotatable bonds is 5. The smallest absolute Gasteiger partial charge is 0.124 e. The lowest BCUT2D eigenvalue weighted by Gasteiger charge is -2.15. The zero-order valence-electron chi connectivity index (χ0n) is 10.1. The summed E-state index contributed by atoms with van der Waals surface area (Å²) in [7, 11) is 1.95. The zero-order chi connectivity index (χ0) is 11.3. The van der Waals surface area contributed by atoms with Gasteiger partial charge in [-0.2, -0.15) is 0 Å². The summed E-state index contributed by atoms with van der Waals surface area (Å²) >= 11 is 0. The summed E-state index contributed by atoms with van der Waals surface area (Å²) < 4.78 is 5.80. The van der Waals surface area contributed by atoms with E-state index in [9.17, 15) is 0 Å². The lowest BCUT2D eigenvalue weighted by atomic mass is 10.1. The van der Waals surface area contributed by atoms with Gasteiger partial charge in [0.1, 0.15) is 5.75 Å². The Morgan fingerprint density at radius 2 is 2.07 bits per heavy atom. The molecule has 0 spiro atoms. The largest absolute Gasteiger partial charge is 0.491 e. The van der Waals surface area contributed by atoms with Gasteiger partial charge in [-0.15, -0.1) is 0 Å². The van der Waals surface area contributed by atoms with Crippen molar-refractivity contribution in [2.45, 2.75) is 39.8 Å². The van der Waals surface area contributed by atoms with Crippen LogP contribution in [0.4, 0.5) is 0 Å². The van der Waals surface area contributed by atoms with Crippen LogP contribution in [0.1, 0.15) is 31.9 Å². The second kappa shape index (κ2) is 5.76. The standard InChI is InChI=1S/C13H21NO/c1-5-11-6-7-12(9-14-4)13(8-11)15-10(2)3/h6-8,10,14H,5,9H2,1-4H3. The molecule has 2 heteroatoms. The Bertz CT molecular complexity index is 307. The molecular weight excluding hydrogens is 186 g/mol. The van der Waals surface area contributed by atoms with Gasteiger partial charge < -0.3 is 10.1 Å². The maximum atomic E-state index is 5.80. The molecule has 0 radical (unpaired) electrons. The Morgan fingerprint density at radius 3 is 2.60 bits per heavy atom. The minimum Gasteiger partial charge on any atom is -0.491 e. The molecule has 84 valence electrons. The summed E-state index contributed by atoms with van der Waals surface area (Å²) in [4.78, 5) is 0. The van der Waals surface area contributed by atoms with Crippen molar-refractivity contribution in [2.75, 3.05) is 7.05 Å². The Labute approximate surface area is 92.6 Å². The van der Waals surface area contributed by atoms with Crippen molar-refractivity contribution < 1.29 is 4.74 Å². The Balaban J connectivity index is 2.93. The van der Waals surface area contributed by atoms with Crippen molar-refractivity contribution in [3.05, 3.63) is 29.3 Å². The first-order chi connectivity index (χ1) is 7.17. The van der Waals surface area contributed by atoms with Crippen LogP contribution in [0.5, 0.6) is 5.75 Å². The van der Waals surface area contributed by atoms with E-state index in [4.69, 9.17) is 4.74 Å². The molecule has 0 aliphatic carbocycles. The second-order valence-corrected chi connectivity index (χ2v) is 3.99. The van der Waals surface area contributed by atoms with E-state index in [0.29, 0.717) is 0 Å². The second-order valence-electron chi connectivity index (χ2n) is 3.99. The van der Waals surface area contributed by atoms with E-state index in [-0.39, 0.29) is 6.10 Å². The van der Waals surface area contributed by atoms with Gasteiger partial charge in [0.05, 0.1) is 6.10 Å². The molecule has 1 rings (SSSR count). The molecule has 2 nitrogen and oxygen atoms in total. The van der Waals surface area contributed by atoms with Crippen molar-refractivity contribution in [2.24, 2.45) is 0 Å². The third kappa shape index (κ3) is 3.56. The number of aryl methyl sites for hydroxylation is 1. The highest BCUT2D eigenvalue weighted by Gasteiger charge is 2.05. The lowest BCUT2D eigenvalue weighted by Crippen LogP contribution is -2.11. The van der Waals surface area contributed by atoms with E-state index in [1.54, 1.807) is 0 Å². The van der Waals surface area contributed by atoms with E-state index in [1.165, 1.54) is 11.1 Å². The van der Waals surface area contributed by atoms with Crippen LogP contribution in [0, 0.1) is 0 Å². The van der Waals surface area contributed by atoms with Gasteiger partial charge in [-0.25, -0.2) is 0 Å². The maximum Gasteiger partial charge on any atom is 0.124 e. The highest BCUT2D eigenvalue weighted by Crippen LogP contribution is 2.22. The van der Waals surface area contributed by atoms with Crippen molar-refractivity contribution in [1.82, 2.24) is 5.32 Å². The van der Waals surface area contributed by atoms with Gasteiger partial charge in [0.2, 0.25) is 0 Å². The molecule has 1 N–H and O–H groups in total. The minimum absolute atomic E-state index is 0.229. The van der Waals surface area contributed by atoms with E-state index in [2.05, 4.69) is 44.3 Å². The van der Waals surface area contributed by atoms with Crippen molar-refractivity contribution in [3.63, 3.8) is 0 Å². The Morgan fingerprint density at radius 1 is 1.33 bits per heavy atom. The first-order valence-corrected chi connectivity index (χ1v) is 5.60. The molecule has 0 atom stereocenters. The summed E-state index contributed by atoms with van der Waals surface area (Å²) in [5.41, 5.74) is 2.55. The Hall–Kier alpha value is -1.02. The number of hydrogen-bond donors (Lipinski definition) is 1. The Kier molecular flexibility index (Phi) is 4.63. The highest BCUT2D eigenvalue weighted by molar-refractivity contribution is 5.37. The van der Waals surface area contributed by atoms with E-state index in [0.717, 1.165) is 18.7 Å². The third-order valence-corrected chi connectivity index (χ3v) is 2.27. The van der Waals surface area contributed by atoms with Crippen LogP contribution in [0.25, 0.3) is 0 Å². The van der Waals surface area contributed by atoms with Crippen LogP contribution in [0.15, 0.2) is 18.2 Å². The van der Waals surface area contributed by atoms with Crippen LogP contribution in [-0.2, 0) is 13.0 Å². The molecule has 0 bridgehead atoms. The van der Waals surface area contributed by atoms with Crippen LogP contribution in [-0.4, -0.2) is 13.2 Å². The molecular formula is C13H21NO. The first-order valence-electron chi connectivity index (χ1n) is 5.60. The lowest BCUT2D eigenvalue weighted by molar-refractivity contribution is 0.239. The van der Waals surface area contributed by atoms with Crippen molar-refractivity contribution in [3.8, 4) is 5.75 Å². The van der Waals surface area contributed by atoms with Gasteiger partial charge in [-0.1, -0.05) is 19.1 Å². The molecule has 0 aliphatic rings. The summed E-state index contributed by atoms with van der Waals surface area (Å²) in [6, 6.07) is 6.46. The van der Waals surface area contributed by atoms with E-state index >= 15 is 0 Å². The maximum absolute atomic E-state index is 5.80. The van der Waals surface area contributed by atoms with Gasteiger partial charge in [0, 0.05) is 12.1 Å². The molecule has 0 fully saturated rings. The van der Waals surface area contributed by atoms with Gasteiger partial charge in [0.15, 0.2) is 0 Å². The molecule has 0 saturated carbocycles. The predicted octanol–water partition coefficient (Wildman–Crippen LogP) is 2.76. The SMILES string of the molecule is CCc1ccc(CNC)c(OC(C)C)c1. The van der Waals surface area contributed by atoms with E-state index < -0.39 is 0 Å². The monoisotopic (exact) mass is 207 g/mol. The molecule has 0 aromatic heterocycles. The van der Waals surface area contributed by atoms with Crippen molar-refractivity contribution >= 4 is 0 Å². The van der Waals surface area contributed by atoms with Gasteiger partial charge in [-0.05, 0) is 38.9 Å². The fraction of sp³-hybridized carbons (Fsp3) is 0.538. The molecule has 1 aromatic rings. The molecule has 15 heavy (non-hydrogen) atoms. The predicted molar refractivity (Wildman–Crippen MR) is 64.3 cm³/mol. The average molecular weight is 207 g/mol. The molecule has 0 heterocycles. The minimum atomic E-state index is 0.229. The molecule has 0 saturated heterocycles. The summed E-state index contributed by atoms with van der Waals surface area (Å²) in [6.07, 6.45) is 1.28. The number of nitrogens with one attached hydrogen (secondary N) is 1. The fourth-order valence-electron chi connectivity index (χ4n) is 1.52. The normalized spacial score (nSPS) is 10.7. The number of ether oxygens (including phenoxy) is 1. The van der Waals surface area contributed by atoms with Crippen LogP contribution in [0.2, 0.25) is 0 Å². The average Bonchev–Trinajstić information content (AvgIpc) is 2.20. The van der Waals surface area contributed by atoms with Crippen LogP contribution >= 0.6 is 0 Å². The molecule has 1 aromatic carbocycles. The van der Waals surface area contributed by atoms with Gasteiger partial charge in [0.25, 0.3) is 0 Å². The topological polar surface area (TPSA) is 21.3 Å². The highest BCUT2D eigenvalue weighted by atomic mass is 16.5. The van der Waals surface area contributed by atoms with E-state index in [1.807, 2.05) is 7.05 Å². The summed E-state index contributed by atoms with van der Waals surface area (Å²) in [5, 5.41) is 3.16. The molecule has 0 unspecified atom stereocenters. The number of benzene rings is 1. The van der Waals surface area contributed by atoms with Crippen LogP contribution < -0.4 is 10.1 Å².